The molecule has 3 rings (SSSR count). The molecule has 0 bridgehead atoms. The Kier molecular flexibility index (Phi) is 3.76. The minimum Gasteiger partial charge on any atom is -0.496 e. The number of nitrogens with one attached hydrogen (secondary N) is 1. The van der Waals surface area contributed by atoms with Crippen LogP contribution < -0.4 is 10.1 Å². The Morgan fingerprint density at radius 2 is 2.10 bits per heavy atom. The zero-order chi connectivity index (χ0) is 13.9. The second kappa shape index (κ2) is 5.69. The first-order valence-corrected chi connectivity index (χ1v) is 7.43. The number of ether oxygens (including phenoxy) is 1. The van der Waals surface area contributed by atoms with Gasteiger partial charge in [-0.2, -0.15) is 0 Å². The van der Waals surface area contributed by atoms with Crippen LogP contribution in [0.15, 0.2) is 41.9 Å². The van der Waals surface area contributed by atoms with Gasteiger partial charge >= 0.3 is 0 Å². The van der Waals surface area contributed by atoms with E-state index in [2.05, 4.69) is 10.3 Å². The summed E-state index contributed by atoms with van der Waals surface area (Å²) in [6.45, 7) is 0.639. The van der Waals surface area contributed by atoms with Gasteiger partial charge in [-0.3, -0.25) is 0 Å². The number of rotatable bonds is 4. The van der Waals surface area contributed by atoms with Crippen molar-refractivity contribution in [3.05, 3.63) is 52.5 Å². The van der Waals surface area contributed by atoms with Crippen molar-refractivity contribution in [3.8, 4) is 5.75 Å². The van der Waals surface area contributed by atoms with E-state index in [1.807, 2.05) is 41.9 Å². The first-order chi connectivity index (χ1) is 9.79. The van der Waals surface area contributed by atoms with E-state index in [1.165, 1.54) is 0 Å². The first-order valence-electron chi connectivity index (χ1n) is 6.17. The first kappa shape index (κ1) is 13.2. The van der Waals surface area contributed by atoms with Gasteiger partial charge in [0.05, 0.1) is 28.0 Å². The fourth-order valence-electron chi connectivity index (χ4n) is 2.11. The summed E-state index contributed by atoms with van der Waals surface area (Å²) in [4.78, 5) is 4.37. The average molecular weight is 305 g/mol. The lowest BCUT2D eigenvalue weighted by Gasteiger charge is -2.12. The molecule has 0 radical (unpaired) electrons. The molecule has 0 saturated carbocycles. The predicted octanol–water partition coefficient (Wildman–Crippen LogP) is 4.57. The number of halogens is 1. The van der Waals surface area contributed by atoms with Gasteiger partial charge in [0.25, 0.3) is 0 Å². The monoisotopic (exact) mass is 304 g/mol. The summed E-state index contributed by atoms with van der Waals surface area (Å²) in [5.41, 5.74) is 4.70. The molecule has 0 fully saturated rings. The standard InChI is InChI=1S/C15H13ClN2OS/c1-19-12-5-3-2-4-10(12)8-17-14-11(16)6-7-13-15(14)18-9-20-13/h2-7,9,17H,8H2,1H3. The minimum atomic E-state index is 0.639. The van der Waals surface area contributed by atoms with Gasteiger partial charge in [-0.15, -0.1) is 11.3 Å². The Morgan fingerprint density at radius 3 is 2.95 bits per heavy atom. The molecule has 0 unspecified atom stereocenters. The zero-order valence-corrected chi connectivity index (χ0v) is 12.5. The van der Waals surface area contributed by atoms with Gasteiger partial charge in [0, 0.05) is 12.1 Å². The molecule has 1 N–H and O–H groups in total. The van der Waals surface area contributed by atoms with Crippen molar-refractivity contribution in [2.75, 3.05) is 12.4 Å². The van der Waals surface area contributed by atoms with Crippen molar-refractivity contribution in [1.82, 2.24) is 4.98 Å². The topological polar surface area (TPSA) is 34.1 Å². The lowest BCUT2D eigenvalue weighted by atomic mass is 10.2. The van der Waals surface area contributed by atoms with Crippen LogP contribution in [0.25, 0.3) is 10.2 Å². The van der Waals surface area contributed by atoms with Crippen LogP contribution in [-0.4, -0.2) is 12.1 Å². The second-order valence-electron chi connectivity index (χ2n) is 4.29. The van der Waals surface area contributed by atoms with E-state index in [-0.39, 0.29) is 0 Å². The van der Waals surface area contributed by atoms with Crippen molar-refractivity contribution >= 4 is 38.8 Å². The van der Waals surface area contributed by atoms with E-state index >= 15 is 0 Å². The van der Waals surface area contributed by atoms with Crippen molar-refractivity contribution in [1.29, 1.82) is 0 Å². The highest BCUT2D eigenvalue weighted by Gasteiger charge is 2.09. The highest BCUT2D eigenvalue weighted by molar-refractivity contribution is 7.16. The molecule has 3 aromatic rings. The average Bonchev–Trinajstić information content (AvgIpc) is 2.95. The molecule has 1 heterocycles. The highest BCUT2D eigenvalue weighted by atomic mass is 35.5. The maximum Gasteiger partial charge on any atom is 0.123 e. The van der Waals surface area contributed by atoms with E-state index in [0.717, 1.165) is 27.2 Å². The number of anilines is 1. The van der Waals surface area contributed by atoms with E-state index in [9.17, 15) is 0 Å². The molecule has 2 aromatic carbocycles. The van der Waals surface area contributed by atoms with Crippen molar-refractivity contribution in [3.63, 3.8) is 0 Å². The molecular formula is C15H13ClN2OS. The quantitative estimate of drug-likeness (QED) is 0.766. The number of thiazole rings is 1. The molecule has 102 valence electrons. The van der Waals surface area contributed by atoms with E-state index < -0.39 is 0 Å². The van der Waals surface area contributed by atoms with Gasteiger partial charge in [0.15, 0.2) is 0 Å². The van der Waals surface area contributed by atoms with Gasteiger partial charge < -0.3 is 10.1 Å². The number of methoxy groups -OCH3 is 1. The maximum atomic E-state index is 6.27. The predicted molar refractivity (Wildman–Crippen MR) is 85.0 cm³/mol. The van der Waals surface area contributed by atoms with Gasteiger partial charge in [-0.1, -0.05) is 29.8 Å². The SMILES string of the molecule is COc1ccccc1CNc1c(Cl)ccc2scnc12. The zero-order valence-electron chi connectivity index (χ0n) is 10.9. The third-order valence-corrected chi connectivity index (χ3v) is 4.21. The number of fused-ring (bicyclic) bond motifs is 1. The molecule has 0 aliphatic heterocycles. The molecule has 0 aliphatic rings. The minimum absolute atomic E-state index is 0.639. The smallest absolute Gasteiger partial charge is 0.123 e. The lowest BCUT2D eigenvalue weighted by Crippen LogP contribution is -2.02. The number of benzene rings is 2. The van der Waals surface area contributed by atoms with Crippen LogP contribution in [0.5, 0.6) is 5.75 Å². The third-order valence-electron chi connectivity index (χ3n) is 3.10. The van der Waals surface area contributed by atoms with Gasteiger partial charge in [-0.25, -0.2) is 4.98 Å². The number of aromatic nitrogens is 1. The van der Waals surface area contributed by atoms with E-state index in [4.69, 9.17) is 16.3 Å². The van der Waals surface area contributed by atoms with Crippen molar-refractivity contribution < 1.29 is 4.74 Å². The summed E-state index contributed by atoms with van der Waals surface area (Å²) in [6, 6.07) is 11.8. The summed E-state index contributed by atoms with van der Waals surface area (Å²) < 4.78 is 6.47. The third kappa shape index (κ3) is 2.44. The molecule has 0 spiro atoms. The number of hydrogen-bond donors (Lipinski definition) is 1. The summed E-state index contributed by atoms with van der Waals surface area (Å²) in [7, 11) is 1.67. The Balaban J connectivity index is 1.90. The molecule has 5 heteroatoms. The van der Waals surface area contributed by atoms with Crippen LogP contribution in [0.4, 0.5) is 5.69 Å². The van der Waals surface area contributed by atoms with Gasteiger partial charge in [0.2, 0.25) is 0 Å². The fraction of sp³-hybridized carbons (Fsp3) is 0.133. The maximum absolute atomic E-state index is 6.27. The van der Waals surface area contributed by atoms with Gasteiger partial charge in [-0.05, 0) is 18.2 Å². The summed E-state index contributed by atoms with van der Waals surface area (Å²) in [5, 5.41) is 4.04. The van der Waals surface area contributed by atoms with Crippen LogP contribution in [-0.2, 0) is 6.54 Å². The Bertz CT molecular complexity index is 742. The number of nitrogens with zero attached hydrogens (tertiary/aromatic N) is 1. The molecule has 0 aliphatic carbocycles. The molecule has 0 saturated heterocycles. The van der Waals surface area contributed by atoms with Crippen LogP contribution in [0.3, 0.4) is 0 Å². The molecule has 0 atom stereocenters. The Morgan fingerprint density at radius 1 is 1.25 bits per heavy atom. The summed E-state index contributed by atoms with van der Waals surface area (Å²) in [6.07, 6.45) is 0. The second-order valence-corrected chi connectivity index (χ2v) is 5.58. The van der Waals surface area contributed by atoms with Crippen LogP contribution in [0.2, 0.25) is 5.02 Å². The summed E-state index contributed by atoms with van der Waals surface area (Å²) in [5.74, 6) is 0.863. The molecule has 3 nitrogen and oxygen atoms in total. The van der Waals surface area contributed by atoms with E-state index in [0.29, 0.717) is 11.6 Å². The lowest BCUT2D eigenvalue weighted by molar-refractivity contribution is 0.410. The molecular weight excluding hydrogens is 292 g/mol. The number of para-hydroxylation sites is 1. The van der Waals surface area contributed by atoms with Crippen molar-refractivity contribution in [2.45, 2.75) is 6.54 Å². The van der Waals surface area contributed by atoms with Crippen LogP contribution in [0.1, 0.15) is 5.56 Å². The van der Waals surface area contributed by atoms with E-state index in [1.54, 1.807) is 18.4 Å². The molecule has 1 aromatic heterocycles. The summed E-state index contributed by atoms with van der Waals surface area (Å²) >= 11 is 7.88. The molecule has 20 heavy (non-hydrogen) atoms. The largest absolute Gasteiger partial charge is 0.496 e. The van der Waals surface area contributed by atoms with Crippen LogP contribution >= 0.6 is 22.9 Å². The van der Waals surface area contributed by atoms with Gasteiger partial charge in [0.1, 0.15) is 11.3 Å². The fourth-order valence-corrected chi connectivity index (χ4v) is 3.01. The Hall–Kier alpha value is -1.78. The van der Waals surface area contributed by atoms with Crippen LogP contribution in [0, 0.1) is 0 Å². The Labute approximate surface area is 126 Å². The molecule has 0 amide bonds. The highest BCUT2D eigenvalue weighted by Crippen LogP contribution is 2.33. The van der Waals surface area contributed by atoms with Crippen molar-refractivity contribution in [2.24, 2.45) is 0 Å². The number of hydrogen-bond acceptors (Lipinski definition) is 4. The normalized spacial score (nSPS) is 10.7.